The van der Waals surface area contributed by atoms with E-state index < -0.39 is 12.1 Å². The first kappa shape index (κ1) is 35.1. The Labute approximate surface area is 269 Å². The largest absolute Gasteiger partial charge is 0.542 e. The molecule has 1 aromatic heterocycles. The van der Waals surface area contributed by atoms with Gasteiger partial charge in [-0.15, -0.1) is 0 Å². The number of amides is 2. The number of quaternary nitrogens is 1. The number of hydrogen-bond acceptors (Lipinski definition) is 7. The van der Waals surface area contributed by atoms with Crippen LogP contribution in [0.25, 0.3) is 11.1 Å². The third kappa shape index (κ3) is 9.38. The van der Waals surface area contributed by atoms with Crippen LogP contribution < -0.4 is 21.5 Å². The molecule has 2 aliphatic rings. The molecule has 0 unspecified atom stereocenters. The van der Waals surface area contributed by atoms with Crippen molar-refractivity contribution >= 4 is 29.4 Å². The average molecular weight is 655 g/mol. The van der Waals surface area contributed by atoms with E-state index in [-0.39, 0.29) is 36.2 Å². The lowest BCUT2D eigenvalue weighted by atomic mass is 9.94. The Morgan fingerprint density at radius 1 is 1.06 bits per heavy atom. The van der Waals surface area contributed by atoms with Gasteiger partial charge in [0.15, 0.2) is 0 Å². The van der Waals surface area contributed by atoms with Crippen molar-refractivity contribution in [3.8, 4) is 11.1 Å². The molecule has 0 radical (unpaired) electrons. The summed E-state index contributed by atoms with van der Waals surface area (Å²) >= 11 is 0. The number of aliphatic carboxylic acids is 1. The van der Waals surface area contributed by atoms with Crippen LogP contribution in [0.4, 0.5) is 18.9 Å². The van der Waals surface area contributed by atoms with Gasteiger partial charge in [0.05, 0.1) is 31.8 Å². The second-order valence-electron chi connectivity index (χ2n) is 11.7. The van der Waals surface area contributed by atoms with Crippen molar-refractivity contribution in [1.29, 1.82) is 0 Å². The number of aromatic nitrogens is 1. The van der Waals surface area contributed by atoms with Crippen molar-refractivity contribution in [2.24, 2.45) is 5.92 Å². The molecule has 5 N–H and O–H groups in total. The van der Waals surface area contributed by atoms with Gasteiger partial charge in [0.1, 0.15) is 5.97 Å². The summed E-state index contributed by atoms with van der Waals surface area (Å²) in [5.41, 5.74) is 11.0. The molecule has 0 saturated heterocycles. The van der Waals surface area contributed by atoms with Crippen LogP contribution in [0.3, 0.4) is 0 Å². The third-order valence-electron chi connectivity index (χ3n) is 8.18. The van der Waals surface area contributed by atoms with E-state index in [9.17, 15) is 27.6 Å². The number of halogens is 3. The lowest BCUT2D eigenvalue weighted by Crippen LogP contribution is -2.47. The quantitative estimate of drug-likeness (QED) is 0.342. The van der Waals surface area contributed by atoms with Crippen molar-refractivity contribution in [2.75, 3.05) is 12.4 Å². The van der Waals surface area contributed by atoms with Crippen molar-refractivity contribution in [2.45, 2.75) is 70.1 Å². The Balaban J connectivity index is 0.000000644. The molecule has 47 heavy (non-hydrogen) atoms. The summed E-state index contributed by atoms with van der Waals surface area (Å²) in [6.07, 6.45) is 1.05. The van der Waals surface area contributed by atoms with E-state index >= 15 is 0 Å². The lowest BCUT2D eigenvalue weighted by molar-refractivity contribution is -0.386. The maximum absolute atomic E-state index is 13.5. The molecule has 2 aromatic carbocycles. The average Bonchev–Trinajstić information content (AvgIpc) is 3.89. The second kappa shape index (κ2) is 15.2. The number of benzene rings is 2. The molecule has 0 spiro atoms. The zero-order valence-electron chi connectivity index (χ0n) is 26.1. The molecule has 2 heterocycles. The highest BCUT2D eigenvalue weighted by Crippen LogP contribution is 2.42. The van der Waals surface area contributed by atoms with Crippen LogP contribution in [0, 0.1) is 5.92 Å². The zero-order chi connectivity index (χ0) is 34.3. The lowest BCUT2D eigenvalue weighted by Gasteiger charge is -2.22. The first-order valence-corrected chi connectivity index (χ1v) is 15.3. The van der Waals surface area contributed by atoms with Crippen LogP contribution in [-0.4, -0.2) is 42.0 Å². The van der Waals surface area contributed by atoms with Gasteiger partial charge in [-0.1, -0.05) is 31.5 Å². The van der Waals surface area contributed by atoms with E-state index in [0.29, 0.717) is 36.6 Å². The Morgan fingerprint density at radius 3 is 2.43 bits per heavy atom. The molecule has 1 aliphatic carbocycles. The number of anilines is 1. The number of alkyl halides is 3. The highest BCUT2D eigenvalue weighted by atomic mass is 19.4. The van der Waals surface area contributed by atoms with Crippen molar-refractivity contribution in [3.63, 3.8) is 0 Å². The van der Waals surface area contributed by atoms with E-state index in [1.54, 1.807) is 6.20 Å². The molecule has 1 fully saturated rings. The fraction of sp³-hybridized carbons (Fsp3) is 0.382. The minimum atomic E-state index is -5.19. The summed E-state index contributed by atoms with van der Waals surface area (Å²) in [5.74, 6) is -3.25. The van der Waals surface area contributed by atoms with Gasteiger partial charge in [0.2, 0.25) is 5.91 Å². The van der Waals surface area contributed by atoms with E-state index in [1.807, 2.05) is 55.5 Å². The molecule has 2 bridgehead atoms. The van der Waals surface area contributed by atoms with Crippen LogP contribution in [-0.2, 0) is 32.1 Å². The number of rotatable bonds is 6. The molecule has 10 nitrogen and oxygen atoms in total. The molecule has 2 amide bonds. The second-order valence-corrected chi connectivity index (χ2v) is 11.7. The number of carbonyl (C=O) groups is 4. The molecule has 5 rings (SSSR count). The van der Waals surface area contributed by atoms with E-state index in [2.05, 4.69) is 21.4 Å². The maximum atomic E-state index is 13.5. The highest BCUT2D eigenvalue weighted by molar-refractivity contribution is 5.97. The van der Waals surface area contributed by atoms with E-state index in [0.717, 1.165) is 41.6 Å². The highest BCUT2D eigenvalue weighted by Gasteiger charge is 2.29. The Kier molecular flexibility index (Phi) is 11.3. The van der Waals surface area contributed by atoms with Gasteiger partial charge in [-0.25, -0.2) is 0 Å². The predicted octanol–water partition coefficient (Wildman–Crippen LogP) is 3.61. The number of carboxylic acid groups (broad SMARTS) is 1. The van der Waals surface area contributed by atoms with Crippen LogP contribution in [0.1, 0.15) is 83.7 Å². The SMILES string of the molecule is COC(=O)Cc1ccc2c(c1)NC(=O)[C@@H](C)CCC[C@H](NC(=O)c1ccc(C[NH3+])c(C3CC3)c1)c1cc-2ccn1.O=C([O-])C(F)(F)F. The molecule has 3 aromatic rings. The molecule has 250 valence electrons. The first-order chi connectivity index (χ1) is 22.3. The van der Waals surface area contributed by atoms with Crippen LogP contribution in [0.2, 0.25) is 0 Å². The number of carboxylic acids is 1. The zero-order valence-corrected chi connectivity index (χ0v) is 26.1. The summed E-state index contributed by atoms with van der Waals surface area (Å²) in [5, 5.41) is 15.1. The van der Waals surface area contributed by atoms with Gasteiger partial charge < -0.3 is 31.0 Å². The number of fused-ring (bicyclic) bond motifs is 4. The van der Waals surface area contributed by atoms with Crippen molar-refractivity contribution in [1.82, 2.24) is 10.3 Å². The summed E-state index contributed by atoms with van der Waals surface area (Å²) in [4.78, 5) is 51.9. The molecule has 1 aliphatic heterocycles. The summed E-state index contributed by atoms with van der Waals surface area (Å²) in [6, 6.07) is 15.1. The number of methoxy groups -OCH3 is 1. The summed E-state index contributed by atoms with van der Waals surface area (Å²) in [7, 11) is 1.36. The smallest absolute Gasteiger partial charge is 0.430 e. The number of pyridine rings is 1. The summed E-state index contributed by atoms with van der Waals surface area (Å²) < 4.78 is 36.4. The normalized spacial score (nSPS) is 17.8. The standard InChI is InChI=1S/C32H36N4O4.C2HF3O2/c1-19-4-3-5-27(35-32(39)23-9-10-24(18-33)26(16-23)21-7-8-21)29-17-22(12-13-34-29)25-11-6-20(15-30(37)40-2)14-28(25)36-31(19)38;3-2(4,5)1(6)7/h6,9-14,16-17,19,21,27H,3-5,7-8,15,18,33H2,1-2H3,(H,35,39)(H,36,38);(H,6,7)/t19-,27-;/m0./s1. The Morgan fingerprint density at radius 2 is 1.79 bits per heavy atom. The number of hydrogen-bond donors (Lipinski definition) is 3. The fourth-order valence-electron chi connectivity index (χ4n) is 5.39. The predicted molar refractivity (Wildman–Crippen MR) is 163 cm³/mol. The summed E-state index contributed by atoms with van der Waals surface area (Å²) in [6.45, 7) is 2.62. The third-order valence-corrected chi connectivity index (χ3v) is 8.18. The van der Waals surface area contributed by atoms with Gasteiger partial charge in [0, 0.05) is 34.5 Å². The Bertz CT molecular complexity index is 1640. The Hall–Kier alpha value is -4.78. The minimum Gasteiger partial charge on any atom is -0.542 e. The van der Waals surface area contributed by atoms with Crippen LogP contribution in [0.15, 0.2) is 54.7 Å². The number of esters is 1. The maximum Gasteiger partial charge on any atom is 0.430 e. The van der Waals surface area contributed by atoms with Crippen LogP contribution in [0.5, 0.6) is 0 Å². The van der Waals surface area contributed by atoms with Gasteiger partial charge in [-0.05, 0) is 78.6 Å². The van der Waals surface area contributed by atoms with Crippen molar-refractivity contribution in [3.05, 3.63) is 82.7 Å². The number of carbonyl (C=O) groups excluding carboxylic acids is 4. The van der Waals surface area contributed by atoms with E-state index in [4.69, 9.17) is 14.6 Å². The monoisotopic (exact) mass is 654 g/mol. The number of ether oxygens (including phenoxy) is 1. The number of nitrogens with zero attached hydrogens (tertiary/aromatic N) is 1. The molecular formula is C34H37F3N4O6. The van der Waals surface area contributed by atoms with Gasteiger partial charge in [-0.3, -0.25) is 19.4 Å². The van der Waals surface area contributed by atoms with Crippen molar-refractivity contribution < 1.29 is 47.9 Å². The van der Waals surface area contributed by atoms with Gasteiger partial charge >= 0.3 is 12.1 Å². The number of nitrogens with one attached hydrogen (secondary N) is 2. The van der Waals surface area contributed by atoms with Gasteiger partial charge in [0.25, 0.3) is 5.91 Å². The topological polar surface area (TPSA) is 165 Å². The van der Waals surface area contributed by atoms with Crippen LogP contribution >= 0.6 is 0 Å². The molecular weight excluding hydrogens is 617 g/mol. The molecule has 13 heteroatoms. The molecule has 1 saturated carbocycles. The first-order valence-electron chi connectivity index (χ1n) is 15.3. The van der Waals surface area contributed by atoms with E-state index in [1.165, 1.54) is 18.2 Å². The fourth-order valence-corrected chi connectivity index (χ4v) is 5.39. The van der Waals surface area contributed by atoms with Gasteiger partial charge in [-0.2, -0.15) is 13.2 Å². The minimum absolute atomic E-state index is 0.0787. The molecule has 2 atom stereocenters.